The molecule has 3 atom stereocenters. The Morgan fingerprint density at radius 3 is 2.81 bits per heavy atom. The molecule has 0 spiro atoms. The molecule has 3 nitrogen and oxygen atoms in total. The van der Waals surface area contributed by atoms with E-state index in [0.717, 1.165) is 12.0 Å². The van der Waals surface area contributed by atoms with E-state index < -0.39 is 11.0 Å². The second kappa shape index (κ2) is 4.86. The van der Waals surface area contributed by atoms with Gasteiger partial charge < -0.3 is 9.47 Å². The molecule has 0 saturated heterocycles. The molecule has 0 bridgehead atoms. The molecule has 1 heterocycles. The third-order valence-corrected chi connectivity index (χ3v) is 4.86. The van der Waals surface area contributed by atoms with Crippen molar-refractivity contribution in [2.45, 2.75) is 32.3 Å². The highest BCUT2D eigenvalue weighted by atomic mass is 19.1. The normalized spacial score (nSPS) is 33.6. The molecule has 112 valence electrons. The summed E-state index contributed by atoms with van der Waals surface area (Å²) in [5.41, 5.74) is -0.728. The van der Waals surface area contributed by atoms with Gasteiger partial charge in [0, 0.05) is 5.92 Å². The number of fused-ring (bicyclic) bond motifs is 1. The van der Waals surface area contributed by atoms with E-state index in [4.69, 9.17) is 9.47 Å². The second-order valence-corrected chi connectivity index (χ2v) is 5.89. The van der Waals surface area contributed by atoms with Gasteiger partial charge in [0.25, 0.3) is 0 Å². The van der Waals surface area contributed by atoms with Crippen molar-refractivity contribution in [2.24, 2.45) is 11.3 Å². The number of benzene rings is 1. The Bertz CT molecular complexity index is 580. The van der Waals surface area contributed by atoms with E-state index in [2.05, 4.69) is 0 Å². The highest BCUT2D eigenvalue weighted by Gasteiger charge is 2.65. The molecule has 0 aromatic heterocycles. The number of hydrogen-bond donors (Lipinski definition) is 0. The molecule has 1 aliphatic heterocycles. The summed E-state index contributed by atoms with van der Waals surface area (Å²) in [7, 11) is 0. The lowest BCUT2D eigenvalue weighted by molar-refractivity contribution is -0.172. The monoisotopic (exact) mass is 290 g/mol. The van der Waals surface area contributed by atoms with Gasteiger partial charge in [-0.1, -0.05) is 12.1 Å². The van der Waals surface area contributed by atoms with E-state index in [1.165, 1.54) is 12.1 Å². The number of hydrogen-bond acceptors (Lipinski definition) is 3. The first-order valence-corrected chi connectivity index (χ1v) is 7.32. The Morgan fingerprint density at radius 1 is 1.43 bits per heavy atom. The van der Waals surface area contributed by atoms with Crippen LogP contribution in [0.3, 0.4) is 0 Å². The minimum atomic E-state index is -0.785. The molecule has 0 unspecified atom stereocenters. The Kier molecular flexibility index (Phi) is 3.27. The fourth-order valence-electron chi connectivity index (χ4n) is 3.78. The largest absolute Gasteiger partial charge is 0.489 e. The average molecular weight is 290 g/mol. The number of halogens is 1. The van der Waals surface area contributed by atoms with Crippen molar-refractivity contribution in [2.75, 3.05) is 6.61 Å². The van der Waals surface area contributed by atoms with Crippen LogP contribution in [0.15, 0.2) is 36.6 Å². The Labute approximate surface area is 123 Å². The van der Waals surface area contributed by atoms with Gasteiger partial charge in [0.05, 0.1) is 12.9 Å². The molecule has 0 amide bonds. The topological polar surface area (TPSA) is 35.5 Å². The molecule has 2 aliphatic rings. The summed E-state index contributed by atoms with van der Waals surface area (Å²) in [6, 6.07) is 6.23. The molecule has 1 aromatic carbocycles. The summed E-state index contributed by atoms with van der Waals surface area (Å²) in [5, 5.41) is 0. The van der Waals surface area contributed by atoms with Gasteiger partial charge in [-0.15, -0.1) is 0 Å². The first kappa shape index (κ1) is 14.1. The molecule has 21 heavy (non-hydrogen) atoms. The van der Waals surface area contributed by atoms with E-state index >= 15 is 0 Å². The van der Waals surface area contributed by atoms with E-state index in [1.54, 1.807) is 25.3 Å². The summed E-state index contributed by atoms with van der Waals surface area (Å²) in [5.74, 6) is -0.439. The Balaban J connectivity index is 2.09. The lowest BCUT2D eigenvalue weighted by Crippen LogP contribution is -2.48. The van der Waals surface area contributed by atoms with Crippen molar-refractivity contribution >= 4 is 5.97 Å². The molecular weight excluding hydrogens is 271 g/mol. The van der Waals surface area contributed by atoms with Crippen molar-refractivity contribution in [1.29, 1.82) is 0 Å². The predicted molar refractivity (Wildman–Crippen MR) is 75.8 cm³/mol. The van der Waals surface area contributed by atoms with Gasteiger partial charge in [0.15, 0.2) is 5.60 Å². The van der Waals surface area contributed by atoms with Gasteiger partial charge in [-0.05, 0) is 50.5 Å². The van der Waals surface area contributed by atoms with Crippen LogP contribution in [0.4, 0.5) is 4.39 Å². The zero-order valence-corrected chi connectivity index (χ0v) is 12.3. The zero-order chi connectivity index (χ0) is 15.1. The molecule has 1 saturated carbocycles. The number of ether oxygens (including phenoxy) is 2. The summed E-state index contributed by atoms with van der Waals surface area (Å²) < 4.78 is 24.5. The van der Waals surface area contributed by atoms with Gasteiger partial charge >= 0.3 is 5.97 Å². The predicted octanol–water partition coefficient (Wildman–Crippen LogP) is 3.54. The molecular formula is C17H19FO3. The van der Waals surface area contributed by atoms with E-state index in [0.29, 0.717) is 13.0 Å². The third kappa shape index (κ3) is 1.81. The molecule has 1 aromatic rings. The summed E-state index contributed by atoms with van der Waals surface area (Å²) >= 11 is 0. The van der Waals surface area contributed by atoms with Crippen molar-refractivity contribution < 1.29 is 18.7 Å². The van der Waals surface area contributed by atoms with Gasteiger partial charge in [0.2, 0.25) is 0 Å². The summed E-state index contributed by atoms with van der Waals surface area (Å²) in [6.07, 6.45) is 5.19. The molecule has 1 fully saturated rings. The van der Waals surface area contributed by atoms with Gasteiger partial charge in [-0.2, -0.15) is 0 Å². The minimum Gasteiger partial charge on any atom is -0.489 e. The van der Waals surface area contributed by atoms with Crippen LogP contribution in [0.2, 0.25) is 0 Å². The first-order chi connectivity index (χ1) is 10.0. The average Bonchev–Trinajstić information content (AvgIpc) is 3.01. The van der Waals surface area contributed by atoms with Crippen molar-refractivity contribution in [3.05, 3.63) is 48.0 Å². The summed E-state index contributed by atoms with van der Waals surface area (Å²) in [6.45, 7) is 4.03. The van der Waals surface area contributed by atoms with Crippen molar-refractivity contribution in [3.63, 3.8) is 0 Å². The number of esters is 1. The van der Waals surface area contributed by atoms with Crippen LogP contribution in [-0.4, -0.2) is 12.6 Å². The quantitative estimate of drug-likeness (QED) is 0.799. The van der Waals surface area contributed by atoms with Crippen LogP contribution in [0.5, 0.6) is 0 Å². The highest BCUT2D eigenvalue weighted by molar-refractivity contribution is 5.79. The van der Waals surface area contributed by atoms with Crippen LogP contribution in [0.1, 0.15) is 32.3 Å². The maximum atomic E-state index is 13.2. The fraction of sp³-hybridized carbons (Fsp3) is 0.471. The van der Waals surface area contributed by atoms with E-state index in [9.17, 15) is 9.18 Å². The molecule has 0 radical (unpaired) electrons. The maximum absolute atomic E-state index is 13.2. The van der Waals surface area contributed by atoms with Crippen LogP contribution in [0.25, 0.3) is 0 Å². The lowest BCUT2D eigenvalue weighted by Gasteiger charge is -2.41. The molecule has 1 aliphatic carbocycles. The first-order valence-electron chi connectivity index (χ1n) is 7.32. The molecule has 4 heteroatoms. The minimum absolute atomic E-state index is 0.109. The van der Waals surface area contributed by atoms with Crippen LogP contribution in [0, 0.1) is 17.2 Å². The van der Waals surface area contributed by atoms with Crippen molar-refractivity contribution in [1.82, 2.24) is 0 Å². The number of carbonyl (C=O) groups excluding carboxylic acids is 1. The van der Waals surface area contributed by atoms with Crippen LogP contribution >= 0.6 is 0 Å². The fourth-order valence-corrected chi connectivity index (χ4v) is 3.78. The smallest absolute Gasteiger partial charge is 0.316 e. The number of carbonyl (C=O) groups is 1. The highest BCUT2D eigenvalue weighted by Crippen LogP contribution is 2.61. The standard InChI is InChI=1S/C17H19FO3/c1-3-20-15(19)16(2)10-8-13-9-11-21-17(13,16)12-4-6-14(18)7-5-12/h4-7,9,11,13H,3,8,10H2,1-2H3/t13-,16-,17+/m0/s1. The van der Waals surface area contributed by atoms with Gasteiger partial charge in [-0.25, -0.2) is 4.39 Å². The van der Waals surface area contributed by atoms with Gasteiger partial charge in [-0.3, -0.25) is 4.79 Å². The maximum Gasteiger partial charge on any atom is 0.316 e. The van der Waals surface area contributed by atoms with Crippen LogP contribution in [-0.2, 0) is 19.9 Å². The summed E-state index contributed by atoms with van der Waals surface area (Å²) in [4.78, 5) is 12.6. The van der Waals surface area contributed by atoms with Crippen molar-refractivity contribution in [3.8, 4) is 0 Å². The second-order valence-electron chi connectivity index (χ2n) is 5.89. The molecule has 3 rings (SSSR count). The Morgan fingerprint density at radius 2 is 2.14 bits per heavy atom. The zero-order valence-electron chi connectivity index (χ0n) is 12.3. The van der Waals surface area contributed by atoms with E-state index in [1.807, 2.05) is 13.0 Å². The van der Waals surface area contributed by atoms with E-state index in [-0.39, 0.29) is 17.7 Å². The third-order valence-electron chi connectivity index (χ3n) is 4.86. The Hall–Kier alpha value is -1.84. The van der Waals surface area contributed by atoms with Gasteiger partial charge in [0.1, 0.15) is 11.2 Å². The van der Waals surface area contributed by atoms with Crippen LogP contribution < -0.4 is 0 Å². The number of rotatable bonds is 3. The lowest BCUT2D eigenvalue weighted by atomic mass is 9.69. The molecule has 0 N–H and O–H groups in total. The SMILES string of the molecule is CCOC(=O)[C@]1(C)CC[C@H]2C=CO[C@]21c1ccc(F)cc1.